The molecule has 112 valence electrons. The van der Waals surface area contributed by atoms with Gasteiger partial charge in [-0.15, -0.1) is 0 Å². The average Bonchev–Trinajstić information content (AvgIpc) is 2.91. The van der Waals surface area contributed by atoms with Gasteiger partial charge in [-0.3, -0.25) is 14.4 Å². The highest BCUT2D eigenvalue weighted by Gasteiger charge is 2.36. The highest BCUT2D eigenvalue weighted by Crippen LogP contribution is 2.27. The standard InChI is InChI=1S/C15H20N4OS/c1-10-11(9-18(2)17-10)8-13-14(20)19(15(21)16-13)12-6-4-3-5-7-12/h8-9,12H,3-7H2,1-2H3,(H,16,21)/b13-8-. The molecule has 1 amide bonds. The topological polar surface area (TPSA) is 50.2 Å². The Balaban J connectivity index is 1.84. The van der Waals surface area contributed by atoms with Crippen molar-refractivity contribution in [2.75, 3.05) is 0 Å². The molecule has 1 aliphatic heterocycles. The number of aryl methyl sites for hydroxylation is 2. The molecule has 1 aliphatic carbocycles. The molecule has 1 aromatic heterocycles. The molecule has 1 N–H and O–H groups in total. The number of nitrogens with zero attached hydrogens (tertiary/aromatic N) is 3. The van der Waals surface area contributed by atoms with E-state index in [1.807, 2.05) is 26.2 Å². The van der Waals surface area contributed by atoms with Crippen molar-refractivity contribution in [1.82, 2.24) is 20.0 Å². The minimum atomic E-state index is -0.00449. The third kappa shape index (κ3) is 2.72. The molecule has 21 heavy (non-hydrogen) atoms. The first kappa shape index (κ1) is 14.3. The van der Waals surface area contributed by atoms with Gasteiger partial charge in [-0.25, -0.2) is 0 Å². The number of amides is 1. The molecule has 0 unspecified atom stereocenters. The van der Waals surface area contributed by atoms with Crippen molar-refractivity contribution in [3.63, 3.8) is 0 Å². The molecule has 3 rings (SSSR count). The zero-order chi connectivity index (χ0) is 15.0. The van der Waals surface area contributed by atoms with E-state index in [0.29, 0.717) is 10.8 Å². The Bertz CT molecular complexity index is 613. The van der Waals surface area contributed by atoms with Crippen LogP contribution < -0.4 is 5.32 Å². The van der Waals surface area contributed by atoms with Gasteiger partial charge in [0.2, 0.25) is 0 Å². The number of carbonyl (C=O) groups excluding carboxylic acids is 1. The van der Waals surface area contributed by atoms with Gasteiger partial charge in [-0.2, -0.15) is 5.10 Å². The number of hydrogen-bond donors (Lipinski definition) is 1. The lowest BCUT2D eigenvalue weighted by molar-refractivity contribution is -0.124. The van der Waals surface area contributed by atoms with Crippen molar-refractivity contribution < 1.29 is 4.79 Å². The Morgan fingerprint density at radius 3 is 2.71 bits per heavy atom. The molecule has 0 spiro atoms. The fraction of sp³-hybridized carbons (Fsp3) is 0.533. The van der Waals surface area contributed by atoms with Crippen molar-refractivity contribution >= 4 is 29.3 Å². The molecule has 0 aromatic carbocycles. The Labute approximate surface area is 130 Å². The fourth-order valence-electron chi connectivity index (χ4n) is 3.13. The summed E-state index contributed by atoms with van der Waals surface area (Å²) in [7, 11) is 1.87. The molecule has 2 heterocycles. The van der Waals surface area contributed by atoms with Crippen LogP contribution in [0.2, 0.25) is 0 Å². The molecule has 1 saturated heterocycles. The van der Waals surface area contributed by atoms with E-state index >= 15 is 0 Å². The monoisotopic (exact) mass is 304 g/mol. The van der Waals surface area contributed by atoms with Crippen molar-refractivity contribution in [3.8, 4) is 0 Å². The van der Waals surface area contributed by atoms with E-state index in [9.17, 15) is 4.79 Å². The highest BCUT2D eigenvalue weighted by molar-refractivity contribution is 7.80. The normalized spacial score (nSPS) is 22.2. The summed E-state index contributed by atoms with van der Waals surface area (Å²) in [6.45, 7) is 1.93. The van der Waals surface area contributed by atoms with E-state index in [0.717, 1.165) is 24.1 Å². The lowest BCUT2D eigenvalue weighted by Gasteiger charge is -2.29. The van der Waals surface area contributed by atoms with Crippen molar-refractivity contribution in [2.45, 2.75) is 45.1 Å². The first-order valence-corrected chi connectivity index (χ1v) is 7.83. The Hall–Kier alpha value is -1.69. The van der Waals surface area contributed by atoms with Crippen LogP contribution in [0.5, 0.6) is 0 Å². The molecule has 0 bridgehead atoms. The van der Waals surface area contributed by atoms with Crippen molar-refractivity contribution in [2.24, 2.45) is 7.05 Å². The van der Waals surface area contributed by atoms with Crippen LogP contribution in [0.1, 0.15) is 43.4 Å². The largest absolute Gasteiger partial charge is 0.328 e. The van der Waals surface area contributed by atoms with Gasteiger partial charge in [0.05, 0.1) is 5.69 Å². The molecule has 0 atom stereocenters. The van der Waals surface area contributed by atoms with E-state index in [2.05, 4.69) is 10.4 Å². The van der Waals surface area contributed by atoms with Gasteiger partial charge in [-0.1, -0.05) is 19.3 Å². The molecule has 6 heteroatoms. The molecule has 2 aliphatic rings. The summed E-state index contributed by atoms with van der Waals surface area (Å²) in [5, 5.41) is 7.90. The van der Waals surface area contributed by atoms with Crippen LogP contribution in [-0.2, 0) is 11.8 Å². The minimum Gasteiger partial charge on any atom is -0.328 e. The molecule has 1 saturated carbocycles. The van der Waals surface area contributed by atoms with Crippen LogP contribution in [0.3, 0.4) is 0 Å². The first-order chi connectivity index (χ1) is 10.1. The summed E-state index contributed by atoms with van der Waals surface area (Å²) in [5.74, 6) is -0.00449. The number of nitrogens with one attached hydrogen (secondary N) is 1. The second-order valence-corrected chi connectivity index (χ2v) is 6.19. The summed E-state index contributed by atoms with van der Waals surface area (Å²) in [6, 6.07) is 0.257. The van der Waals surface area contributed by atoms with E-state index in [1.165, 1.54) is 19.3 Å². The SMILES string of the molecule is Cc1nn(C)cc1/C=C1\NC(=S)N(C2CCCCC2)C1=O. The lowest BCUT2D eigenvalue weighted by Crippen LogP contribution is -2.41. The van der Waals surface area contributed by atoms with Gasteiger partial charge in [0, 0.05) is 24.8 Å². The zero-order valence-electron chi connectivity index (χ0n) is 12.4. The van der Waals surface area contributed by atoms with Gasteiger partial charge < -0.3 is 5.32 Å². The van der Waals surface area contributed by atoms with Gasteiger partial charge >= 0.3 is 0 Å². The summed E-state index contributed by atoms with van der Waals surface area (Å²) < 4.78 is 1.75. The van der Waals surface area contributed by atoms with Crippen LogP contribution in [0, 0.1) is 6.92 Å². The summed E-state index contributed by atoms with van der Waals surface area (Å²) in [5.41, 5.74) is 2.41. The molecular weight excluding hydrogens is 284 g/mol. The van der Waals surface area contributed by atoms with Gasteiger partial charge in [-0.05, 0) is 38.1 Å². The summed E-state index contributed by atoms with van der Waals surface area (Å²) in [6.07, 6.45) is 9.47. The predicted octanol–water partition coefficient (Wildman–Crippen LogP) is 2.12. The molecule has 0 radical (unpaired) electrons. The van der Waals surface area contributed by atoms with Crippen molar-refractivity contribution in [1.29, 1.82) is 0 Å². The predicted molar refractivity (Wildman–Crippen MR) is 85.4 cm³/mol. The van der Waals surface area contributed by atoms with Crippen LogP contribution in [0.25, 0.3) is 6.08 Å². The maximum absolute atomic E-state index is 12.6. The number of thiocarbonyl (C=S) groups is 1. The lowest BCUT2D eigenvalue weighted by atomic mass is 9.94. The number of hydrogen-bond acceptors (Lipinski definition) is 3. The molecule has 2 fully saturated rings. The minimum absolute atomic E-state index is 0.00449. The Morgan fingerprint density at radius 1 is 1.38 bits per heavy atom. The number of carbonyl (C=O) groups is 1. The maximum atomic E-state index is 12.6. The molecule has 5 nitrogen and oxygen atoms in total. The molecular formula is C15H20N4OS. The smallest absolute Gasteiger partial charge is 0.276 e. The van der Waals surface area contributed by atoms with E-state index in [4.69, 9.17) is 12.2 Å². The average molecular weight is 304 g/mol. The van der Waals surface area contributed by atoms with Crippen LogP contribution in [0.4, 0.5) is 0 Å². The number of rotatable bonds is 2. The second-order valence-electron chi connectivity index (χ2n) is 5.80. The van der Waals surface area contributed by atoms with Gasteiger partial charge in [0.15, 0.2) is 5.11 Å². The maximum Gasteiger partial charge on any atom is 0.276 e. The summed E-state index contributed by atoms with van der Waals surface area (Å²) >= 11 is 5.36. The zero-order valence-corrected chi connectivity index (χ0v) is 13.2. The fourth-order valence-corrected chi connectivity index (χ4v) is 3.48. The molecule has 1 aromatic rings. The summed E-state index contributed by atoms with van der Waals surface area (Å²) in [4.78, 5) is 14.4. The van der Waals surface area contributed by atoms with E-state index in [-0.39, 0.29) is 11.9 Å². The van der Waals surface area contributed by atoms with Gasteiger partial charge in [0.25, 0.3) is 5.91 Å². The number of aromatic nitrogens is 2. The van der Waals surface area contributed by atoms with Crippen LogP contribution >= 0.6 is 12.2 Å². The van der Waals surface area contributed by atoms with Gasteiger partial charge in [0.1, 0.15) is 5.70 Å². The highest BCUT2D eigenvalue weighted by atomic mass is 32.1. The van der Waals surface area contributed by atoms with Crippen LogP contribution in [-0.4, -0.2) is 31.7 Å². The quantitative estimate of drug-likeness (QED) is 0.672. The van der Waals surface area contributed by atoms with E-state index in [1.54, 1.807) is 9.58 Å². The first-order valence-electron chi connectivity index (χ1n) is 7.43. The second kappa shape index (κ2) is 5.60. The Morgan fingerprint density at radius 2 is 2.10 bits per heavy atom. The van der Waals surface area contributed by atoms with Crippen LogP contribution in [0.15, 0.2) is 11.9 Å². The third-order valence-corrected chi connectivity index (χ3v) is 4.50. The third-order valence-electron chi connectivity index (χ3n) is 4.20. The van der Waals surface area contributed by atoms with Crippen molar-refractivity contribution in [3.05, 3.63) is 23.2 Å². The van der Waals surface area contributed by atoms with E-state index < -0.39 is 0 Å². The Kier molecular flexibility index (Phi) is 3.80.